The molecule has 2 nitrogen and oxygen atoms in total. The number of hydrogen-bond donors (Lipinski definition) is 2. The van der Waals surface area contributed by atoms with Crippen molar-refractivity contribution in [1.82, 2.24) is 0 Å². The summed E-state index contributed by atoms with van der Waals surface area (Å²) in [6.45, 7) is 2.25. The lowest BCUT2D eigenvalue weighted by molar-refractivity contribution is 0.313. The van der Waals surface area contributed by atoms with Crippen LogP contribution in [0, 0.1) is 5.92 Å². The third-order valence-corrected chi connectivity index (χ3v) is 4.96. The van der Waals surface area contributed by atoms with E-state index in [9.17, 15) is 0 Å². The topological polar surface area (TPSA) is 38.0 Å². The lowest BCUT2D eigenvalue weighted by Gasteiger charge is -2.31. The number of halogens is 1. The summed E-state index contributed by atoms with van der Waals surface area (Å²) < 4.78 is 1.05. The van der Waals surface area contributed by atoms with Crippen molar-refractivity contribution in [3.05, 3.63) is 28.2 Å². The van der Waals surface area contributed by atoms with Crippen LogP contribution in [0.2, 0.25) is 0 Å². The summed E-state index contributed by atoms with van der Waals surface area (Å²) in [6, 6.07) is 6.57. The zero-order chi connectivity index (χ0) is 14.5. The highest BCUT2D eigenvalue weighted by Crippen LogP contribution is 2.31. The first-order valence-electron chi connectivity index (χ1n) is 7.47. The zero-order valence-corrected chi connectivity index (χ0v) is 14.4. The second kappa shape index (κ2) is 7.41. The van der Waals surface area contributed by atoms with Gasteiger partial charge in [-0.15, -0.1) is 0 Å². The highest BCUT2D eigenvalue weighted by molar-refractivity contribution is 9.10. The van der Waals surface area contributed by atoms with E-state index in [0.717, 1.165) is 28.1 Å². The van der Waals surface area contributed by atoms with Crippen LogP contribution in [0.3, 0.4) is 0 Å². The van der Waals surface area contributed by atoms with Gasteiger partial charge in [-0.3, -0.25) is 0 Å². The lowest BCUT2D eigenvalue weighted by atomic mass is 9.82. The van der Waals surface area contributed by atoms with Crippen molar-refractivity contribution >= 4 is 38.8 Å². The Kier molecular flexibility index (Phi) is 5.85. The molecule has 1 aliphatic rings. The maximum absolute atomic E-state index is 5.84. The Balaban J connectivity index is 2.17. The molecule has 0 amide bonds. The first-order chi connectivity index (χ1) is 9.61. The molecule has 1 aliphatic carbocycles. The van der Waals surface area contributed by atoms with Crippen LogP contribution >= 0.6 is 28.1 Å². The van der Waals surface area contributed by atoms with Gasteiger partial charge in [0, 0.05) is 21.8 Å². The van der Waals surface area contributed by atoms with Gasteiger partial charge in [0.25, 0.3) is 0 Å². The molecule has 1 atom stereocenters. The monoisotopic (exact) mass is 354 g/mol. The van der Waals surface area contributed by atoms with E-state index in [4.69, 9.17) is 18.0 Å². The molecule has 20 heavy (non-hydrogen) atoms. The molecule has 4 heteroatoms. The summed E-state index contributed by atoms with van der Waals surface area (Å²) in [6.07, 6.45) is 7.92. The van der Waals surface area contributed by atoms with E-state index in [2.05, 4.69) is 34.2 Å². The summed E-state index contributed by atoms with van der Waals surface area (Å²) >= 11 is 8.69. The zero-order valence-electron chi connectivity index (χ0n) is 12.0. The summed E-state index contributed by atoms with van der Waals surface area (Å²) in [5.41, 5.74) is 7.84. The van der Waals surface area contributed by atoms with Crippen LogP contribution in [0.5, 0.6) is 0 Å². The molecule has 0 spiro atoms. The van der Waals surface area contributed by atoms with E-state index >= 15 is 0 Å². The number of thiocarbonyl (C=S) groups is 1. The molecule has 1 aromatic rings. The van der Waals surface area contributed by atoms with Gasteiger partial charge in [0.05, 0.1) is 0 Å². The normalized spacial score (nSPS) is 17.7. The Hall–Kier alpha value is -0.610. The van der Waals surface area contributed by atoms with Gasteiger partial charge in [0.1, 0.15) is 4.99 Å². The number of anilines is 1. The minimum Gasteiger partial charge on any atom is -0.389 e. The second-order valence-electron chi connectivity index (χ2n) is 5.61. The average molecular weight is 355 g/mol. The number of nitrogens with one attached hydrogen (secondary N) is 1. The molecular weight excluding hydrogens is 332 g/mol. The van der Waals surface area contributed by atoms with Crippen molar-refractivity contribution in [2.24, 2.45) is 11.7 Å². The van der Waals surface area contributed by atoms with E-state index in [-0.39, 0.29) is 0 Å². The molecule has 0 radical (unpaired) electrons. The molecule has 0 bridgehead atoms. The van der Waals surface area contributed by atoms with E-state index in [1.165, 1.54) is 32.1 Å². The Morgan fingerprint density at radius 2 is 2.10 bits per heavy atom. The van der Waals surface area contributed by atoms with Gasteiger partial charge in [-0.05, 0) is 43.4 Å². The Morgan fingerprint density at radius 1 is 1.40 bits per heavy atom. The lowest BCUT2D eigenvalue weighted by Crippen LogP contribution is -2.31. The van der Waals surface area contributed by atoms with Crippen LogP contribution in [0.4, 0.5) is 5.69 Å². The molecule has 1 saturated carbocycles. The fourth-order valence-corrected chi connectivity index (χ4v) is 3.68. The Bertz CT molecular complexity index is 470. The maximum atomic E-state index is 5.84. The minimum absolute atomic E-state index is 0.457. The molecule has 0 aromatic heterocycles. The van der Waals surface area contributed by atoms with Crippen molar-refractivity contribution in [1.29, 1.82) is 0 Å². The standard InChI is InChI=1S/C16H23BrN2S/c1-2-14(11-6-4-3-5-7-11)19-15-10-12(17)8-9-13(15)16(18)20/h8-11,14,19H,2-7H2,1H3,(H2,18,20). The van der Waals surface area contributed by atoms with Gasteiger partial charge in [0.2, 0.25) is 0 Å². The second-order valence-corrected chi connectivity index (χ2v) is 6.97. The third kappa shape index (κ3) is 3.95. The van der Waals surface area contributed by atoms with Crippen molar-refractivity contribution < 1.29 is 0 Å². The molecule has 2 rings (SSSR count). The van der Waals surface area contributed by atoms with E-state index in [1.807, 2.05) is 12.1 Å². The average Bonchev–Trinajstić information content (AvgIpc) is 2.45. The number of nitrogens with two attached hydrogens (primary N) is 1. The van der Waals surface area contributed by atoms with Crippen LogP contribution in [0.25, 0.3) is 0 Å². The molecule has 0 aliphatic heterocycles. The largest absolute Gasteiger partial charge is 0.389 e. The number of benzene rings is 1. The fourth-order valence-electron chi connectivity index (χ4n) is 3.14. The van der Waals surface area contributed by atoms with Gasteiger partial charge < -0.3 is 11.1 Å². The Morgan fingerprint density at radius 3 is 2.70 bits per heavy atom. The highest BCUT2D eigenvalue weighted by Gasteiger charge is 2.23. The third-order valence-electron chi connectivity index (χ3n) is 4.25. The first kappa shape index (κ1) is 15.8. The molecule has 110 valence electrons. The minimum atomic E-state index is 0.457. The summed E-state index contributed by atoms with van der Waals surface area (Å²) in [4.78, 5) is 0.457. The molecule has 1 unspecified atom stereocenters. The number of rotatable bonds is 5. The molecule has 0 saturated heterocycles. The van der Waals surface area contributed by atoms with E-state index in [1.54, 1.807) is 0 Å². The van der Waals surface area contributed by atoms with Gasteiger partial charge in [0.15, 0.2) is 0 Å². The van der Waals surface area contributed by atoms with Crippen LogP contribution < -0.4 is 11.1 Å². The number of hydrogen-bond acceptors (Lipinski definition) is 2. The smallest absolute Gasteiger partial charge is 0.106 e. The maximum Gasteiger partial charge on any atom is 0.106 e. The van der Waals surface area contributed by atoms with Crippen LogP contribution in [0.1, 0.15) is 51.0 Å². The van der Waals surface area contributed by atoms with Crippen LogP contribution in [-0.4, -0.2) is 11.0 Å². The van der Waals surface area contributed by atoms with Gasteiger partial charge in [-0.2, -0.15) is 0 Å². The highest BCUT2D eigenvalue weighted by atomic mass is 79.9. The van der Waals surface area contributed by atoms with E-state index < -0.39 is 0 Å². The van der Waals surface area contributed by atoms with Crippen molar-refractivity contribution in [2.45, 2.75) is 51.5 Å². The van der Waals surface area contributed by atoms with Crippen molar-refractivity contribution in [2.75, 3.05) is 5.32 Å². The molecule has 0 heterocycles. The van der Waals surface area contributed by atoms with Crippen molar-refractivity contribution in [3.63, 3.8) is 0 Å². The van der Waals surface area contributed by atoms with E-state index in [0.29, 0.717) is 11.0 Å². The predicted octanol–water partition coefficient (Wildman–Crippen LogP) is 4.85. The van der Waals surface area contributed by atoms with Gasteiger partial charge in [-0.1, -0.05) is 54.3 Å². The fraction of sp³-hybridized carbons (Fsp3) is 0.562. The first-order valence-corrected chi connectivity index (χ1v) is 8.67. The SMILES string of the molecule is CCC(Nc1cc(Br)ccc1C(N)=S)C1CCCCC1. The van der Waals surface area contributed by atoms with Crippen LogP contribution in [-0.2, 0) is 0 Å². The van der Waals surface area contributed by atoms with Crippen molar-refractivity contribution in [3.8, 4) is 0 Å². The Labute approximate surface area is 135 Å². The molecular formula is C16H23BrN2S. The molecule has 1 aromatic carbocycles. The predicted molar refractivity (Wildman–Crippen MR) is 94.3 cm³/mol. The van der Waals surface area contributed by atoms with Crippen LogP contribution in [0.15, 0.2) is 22.7 Å². The summed E-state index contributed by atoms with van der Waals surface area (Å²) in [5.74, 6) is 0.770. The van der Waals surface area contributed by atoms with Gasteiger partial charge in [-0.25, -0.2) is 0 Å². The van der Waals surface area contributed by atoms with Gasteiger partial charge >= 0.3 is 0 Å². The molecule has 3 N–H and O–H groups in total. The summed E-state index contributed by atoms with van der Waals surface area (Å²) in [5, 5.41) is 3.69. The quantitative estimate of drug-likeness (QED) is 0.741. The summed E-state index contributed by atoms with van der Waals surface area (Å²) in [7, 11) is 0. The molecule has 1 fully saturated rings.